The Morgan fingerprint density at radius 2 is 2.06 bits per heavy atom. The summed E-state index contributed by atoms with van der Waals surface area (Å²) < 4.78 is 25.8. The maximum absolute atomic E-state index is 12.3. The molecule has 1 aliphatic heterocycles. The van der Waals surface area contributed by atoms with E-state index >= 15 is 0 Å². The Morgan fingerprint density at radius 3 is 2.62 bits per heavy atom. The zero-order valence-corrected chi connectivity index (χ0v) is 8.94. The van der Waals surface area contributed by atoms with Crippen LogP contribution in [0.2, 0.25) is 0 Å². The Balaban J connectivity index is 2.20. The van der Waals surface area contributed by atoms with Crippen molar-refractivity contribution in [2.24, 2.45) is 0 Å². The predicted molar refractivity (Wildman–Crippen MR) is 57.6 cm³/mol. The number of hydrogen-bond donors (Lipinski definition) is 0. The quantitative estimate of drug-likeness (QED) is 0.787. The van der Waals surface area contributed by atoms with Crippen LogP contribution in [0.3, 0.4) is 0 Å². The van der Waals surface area contributed by atoms with Crippen LogP contribution < -0.4 is 4.90 Å². The van der Waals surface area contributed by atoms with Gasteiger partial charge in [0.1, 0.15) is 6.54 Å². The van der Waals surface area contributed by atoms with Gasteiger partial charge in [-0.05, 0) is 18.9 Å². The van der Waals surface area contributed by atoms with Crippen molar-refractivity contribution in [3.05, 3.63) is 12.4 Å². The molecule has 0 atom stereocenters. The zero-order chi connectivity index (χ0) is 11.5. The van der Waals surface area contributed by atoms with Crippen LogP contribution in [0, 0.1) is 0 Å². The Bertz CT molecular complexity index is 369. The Morgan fingerprint density at radius 1 is 1.38 bits per heavy atom. The fourth-order valence-corrected chi connectivity index (χ4v) is 1.81. The molecule has 0 unspecified atom stereocenters. The number of hydrogen-bond acceptors (Lipinski definition) is 3. The van der Waals surface area contributed by atoms with Gasteiger partial charge in [-0.1, -0.05) is 6.58 Å². The molecule has 0 radical (unpaired) electrons. The Labute approximate surface area is 92.6 Å². The first kappa shape index (κ1) is 11.0. The monoisotopic (exact) mass is 228 g/mol. The highest BCUT2D eigenvalue weighted by Gasteiger charge is 2.19. The van der Waals surface area contributed by atoms with E-state index in [4.69, 9.17) is 0 Å². The van der Waals surface area contributed by atoms with Gasteiger partial charge < -0.3 is 4.90 Å². The molecule has 0 amide bonds. The van der Waals surface area contributed by atoms with Gasteiger partial charge >= 0.3 is 0 Å². The van der Waals surface area contributed by atoms with E-state index in [1.807, 2.05) is 4.90 Å². The predicted octanol–water partition coefficient (Wildman–Crippen LogP) is 1.79. The maximum Gasteiger partial charge on any atom is 0.258 e. The molecule has 4 nitrogen and oxygen atoms in total. The highest BCUT2D eigenvalue weighted by Crippen LogP contribution is 2.17. The molecular weight excluding hydrogens is 214 g/mol. The zero-order valence-electron chi connectivity index (χ0n) is 8.94. The van der Waals surface area contributed by atoms with Gasteiger partial charge in [0.2, 0.25) is 5.95 Å². The van der Waals surface area contributed by atoms with E-state index in [1.54, 1.807) is 0 Å². The molecule has 0 bridgehead atoms. The van der Waals surface area contributed by atoms with Crippen molar-refractivity contribution < 1.29 is 8.78 Å². The van der Waals surface area contributed by atoms with Crippen molar-refractivity contribution in [1.82, 2.24) is 14.8 Å². The van der Waals surface area contributed by atoms with E-state index in [-0.39, 0.29) is 0 Å². The molecule has 1 aliphatic rings. The Hall–Kier alpha value is -1.46. The summed E-state index contributed by atoms with van der Waals surface area (Å²) in [6, 6.07) is 0. The standard InChI is InChI=1S/C10H14F2N4/c1-2-9-13-10(15-5-3-4-6-15)14-16(9)7-8(11)12/h2,8H,1,3-7H2. The lowest BCUT2D eigenvalue weighted by Gasteiger charge is -2.10. The van der Waals surface area contributed by atoms with Gasteiger partial charge in [-0.15, -0.1) is 5.10 Å². The minimum Gasteiger partial charge on any atom is -0.340 e. The highest BCUT2D eigenvalue weighted by molar-refractivity contribution is 5.42. The van der Waals surface area contributed by atoms with E-state index < -0.39 is 13.0 Å². The van der Waals surface area contributed by atoms with Crippen LogP contribution in [0.5, 0.6) is 0 Å². The highest BCUT2D eigenvalue weighted by atomic mass is 19.3. The number of rotatable bonds is 4. The number of alkyl halides is 2. The fraction of sp³-hybridized carbons (Fsp3) is 0.600. The van der Waals surface area contributed by atoms with E-state index in [1.165, 1.54) is 10.8 Å². The summed E-state index contributed by atoms with van der Waals surface area (Å²) in [5.41, 5.74) is 0. The van der Waals surface area contributed by atoms with Crippen LogP contribution in [0.4, 0.5) is 14.7 Å². The number of nitrogens with zero attached hydrogens (tertiary/aromatic N) is 4. The average Bonchev–Trinajstić information content (AvgIpc) is 2.83. The Kier molecular flexibility index (Phi) is 3.17. The second-order valence-corrected chi connectivity index (χ2v) is 3.74. The molecule has 0 spiro atoms. The normalized spacial score (nSPS) is 16.1. The first-order chi connectivity index (χ1) is 7.70. The van der Waals surface area contributed by atoms with Gasteiger partial charge in [0.05, 0.1) is 0 Å². The van der Waals surface area contributed by atoms with Crippen LogP contribution >= 0.6 is 0 Å². The summed E-state index contributed by atoms with van der Waals surface area (Å²) in [5.74, 6) is 0.940. The van der Waals surface area contributed by atoms with Crippen molar-refractivity contribution in [3.8, 4) is 0 Å². The van der Waals surface area contributed by atoms with Gasteiger partial charge in [0.25, 0.3) is 6.43 Å². The van der Waals surface area contributed by atoms with Crippen LogP contribution in [0.25, 0.3) is 6.08 Å². The molecule has 2 rings (SSSR count). The van der Waals surface area contributed by atoms with Gasteiger partial charge in [0.15, 0.2) is 5.82 Å². The number of anilines is 1. The summed E-state index contributed by atoms with van der Waals surface area (Å²) in [5, 5.41) is 4.08. The fourth-order valence-electron chi connectivity index (χ4n) is 1.81. The molecule has 1 saturated heterocycles. The lowest BCUT2D eigenvalue weighted by Crippen LogP contribution is -2.19. The molecule has 2 heterocycles. The lowest BCUT2D eigenvalue weighted by molar-refractivity contribution is 0.121. The number of aromatic nitrogens is 3. The topological polar surface area (TPSA) is 34.0 Å². The first-order valence-corrected chi connectivity index (χ1v) is 5.31. The second-order valence-electron chi connectivity index (χ2n) is 3.74. The second kappa shape index (κ2) is 4.59. The van der Waals surface area contributed by atoms with Crippen LogP contribution in [-0.4, -0.2) is 34.3 Å². The van der Waals surface area contributed by atoms with Crippen molar-refractivity contribution >= 4 is 12.0 Å². The molecule has 88 valence electrons. The molecule has 6 heteroatoms. The summed E-state index contributed by atoms with van der Waals surface area (Å²) >= 11 is 0. The average molecular weight is 228 g/mol. The summed E-state index contributed by atoms with van der Waals surface area (Å²) in [6.07, 6.45) is 1.24. The van der Waals surface area contributed by atoms with Crippen molar-refractivity contribution in [1.29, 1.82) is 0 Å². The molecule has 0 saturated carbocycles. The van der Waals surface area contributed by atoms with Crippen molar-refractivity contribution in [3.63, 3.8) is 0 Å². The molecule has 1 aromatic heterocycles. The van der Waals surface area contributed by atoms with Gasteiger partial charge in [0, 0.05) is 13.1 Å². The third-order valence-electron chi connectivity index (χ3n) is 2.57. The van der Waals surface area contributed by atoms with Crippen molar-refractivity contribution in [2.45, 2.75) is 25.8 Å². The van der Waals surface area contributed by atoms with E-state index in [0.29, 0.717) is 11.8 Å². The third kappa shape index (κ3) is 2.20. The largest absolute Gasteiger partial charge is 0.340 e. The molecule has 1 fully saturated rings. The van der Waals surface area contributed by atoms with Crippen LogP contribution in [-0.2, 0) is 6.54 Å². The SMILES string of the molecule is C=Cc1nc(N2CCCC2)nn1CC(F)F. The van der Waals surface area contributed by atoms with Gasteiger partial charge in [-0.25, -0.2) is 13.5 Å². The van der Waals surface area contributed by atoms with E-state index in [2.05, 4.69) is 16.7 Å². The molecule has 0 aromatic carbocycles. The number of halogens is 2. The minimum absolute atomic E-state index is 0.405. The summed E-state index contributed by atoms with van der Waals surface area (Å²) in [7, 11) is 0. The molecule has 0 N–H and O–H groups in total. The smallest absolute Gasteiger partial charge is 0.258 e. The minimum atomic E-state index is -2.42. The van der Waals surface area contributed by atoms with Gasteiger partial charge in [-0.2, -0.15) is 4.98 Å². The third-order valence-corrected chi connectivity index (χ3v) is 2.57. The van der Waals surface area contributed by atoms with E-state index in [0.717, 1.165) is 25.9 Å². The van der Waals surface area contributed by atoms with E-state index in [9.17, 15) is 8.78 Å². The van der Waals surface area contributed by atoms with Crippen LogP contribution in [0.15, 0.2) is 6.58 Å². The lowest BCUT2D eigenvalue weighted by atomic mass is 10.4. The molecule has 16 heavy (non-hydrogen) atoms. The van der Waals surface area contributed by atoms with Gasteiger partial charge in [-0.3, -0.25) is 0 Å². The summed E-state index contributed by atoms with van der Waals surface area (Å²) in [6.45, 7) is 4.92. The molecule has 1 aromatic rings. The van der Waals surface area contributed by atoms with Crippen LogP contribution in [0.1, 0.15) is 18.7 Å². The molecule has 0 aliphatic carbocycles. The summed E-state index contributed by atoms with van der Waals surface area (Å²) in [4.78, 5) is 6.20. The van der Waals surface area contributed by atoms with Crippen molar-refractivity contribution in [2.75, 3.05) is 18.0 Å². The maximum atomic E-state index is 12.3. The first-order valence-electron chi connectivity index (χ1n) is 5.31. The molecular formula is C10H14F2N4.